The molecule has 0 aromatic heterocycles. The molecule has 0 fully saturated rings. The number of hydrogen-bond acceptors (Lipinski definition) is 3. The summed E-state index contributed by atoms with van der Waals surface area (Å²) in [5.74, 6) is 0. The first-order valence-corrected chi connectivity index (χ1v) is 5.14. The van der Waals surface area contributed by atoms with Crippen LogP contribution in [0.3, 0.4) is 0 Å². The minimum absolute atomic E-state index is 0.0370. The first kappa shape index (κ1) is 9.85. The summed E-state index contributed by atoms with van der Waals surface area (Å²) in [4.78, 5) is 0.231. The van der Waals surface area contributed by atoms with Crippen molar-refractivity contribution in [1.82, 2.24) is 0 Å². The molecule has 6 heteroatoms. The van der Waals surface area contributed by atoms with Gasteiger partial charge in [-0.2, -0.15) is 8.42 Å². The van der Waals surface area contributed by atoms with E-state index in [9.17, 15) is 8.42 Å². The van der Waals surface area contributed by atoms with E-state index in [4.69, 9.17) is 16.2 Å². The van der Waals surface area contributed by atoms with Crippen molar-refractivity contribution >= 4 is 34.3 Å². The number of halogens is 1. The van der Waals surface area contributed by atoms with E-state index in [0.717, 1.165) is 0 Å². The molecule has 12 heavy (non-hydrogen) atoms. The Morgan fingerprint density at radius 3 is 2.42 bits per heavy atom. The molecule has 0 amide bonds. The molecule has 1 aromatic rings. The number of rotatable bonds is 1. The van der Waals surface area contributed by atoms with Crippen molar-refractivity contribution < 1.29 is 13.0 Å². The molecule has 0 heterocycles. The molecule has 66 valence electrons. The molecule has 0 aliphatic carbocycles. The average Bonchev–Trinajstić information content (AvgIpc) is 1.83. The van der Waals surface area contributed by atoms with Gasteiger partial charge >= 0.3 is 0 Å². The van der Waals surface area contributed by atoms with Crippen LogP contribution in [0.2, 0.25) is 5.02 Å². The van der Waals surface area contributed by atoms with Crippen molar-refractivity contribution in [1.29, 1.82) is 0 Å². The Hall–Kier alpha value is -0.230. The smallest absolute Gasteiger partial charge is 0.282 e. The Labute approximate surface area is 80.5 Å². The van der Waals surface area contributed by atoms with Gasteiger partial charge in [0, 0.05) is 4.90 Å². The van der Waals surface area contributed by atoms with Crippen molar-refractivity contribution in [2.45, 2.75) is 9.79 Å². The first-order chi connectivity index (χ1) is 5.41. The largest absolute Gasteiger partial charge is 0.296 e. The first-order valence-electron chi connectivity index (χ1n) is 2.87. The highest BCUT2D eigenvalue weighted by molar-refractivity contribution is 7.86. The maximum Gasteiger partial charge on any atom is 0.296 e. The maximum absolute atomic E-state index is 10.6. The number of benzene rings is 1. The highest BCUT2D eigenvalue weighted by Crippen LogP contribution is 2.23. The molecule has 0 atom stereocenters. The second-order valence-electron chi connectivity index (χ2n) is 2.09. The number of thiol groups is 1. The lowest BCUT2D eigenvalue weighted by molar-refractivity contribution is 0.483. The average molecular weight is 225 g/mol. The zero-order valence-electron chi connectivity index (χ0n) is 5.73. The number of hydrogen-bond donors (Lipinski definition) is 2. The fourth-order valence-electron chi connectivity index (χ4n) is 0.699. The van der Waals surface area contributed by atoms with Gasteiger partial charge in [-0.05, 0) is 18.2 Å². The maximum atomic E-state index is 10.6. The van der Waals surface area contributed by atoms with Gasteiger partial charge in [-0.1, -0.05) is 11.6 Å². The van der Waals surface area contributed by atoms with E-state index in [2.05, 4.69) is 12.6 Å². The van der Waals surface area contributed by atoms with E-state index in [1.165, 1.54) is 18.2 Å². The van der Waals surface area contributed by atoms with Crippen LogP contribution in [-0.4, -0.2) is 13.0 Å². The zero-order valence-corrected chi connectivity index (χ0v) is 8.20. The molecule has 0 saturated carbocycles. The fraction of sp³-hybridized carbons (Fsp3) is 0. The van der Waals surface area contributed by atoms with Crippen LogP contribution in [0.4, 0.5) is 0 Å². The Morgan fingerprint density at radius 2 is 2.00 bits per heavy atom. The third kappa shape index (κ3) is 2.13. The van der Waals surface area contributed by atoms with Gasteiger partial charge in [0.2, 0.25) is 0 Å². The minimum Gasteiger partial charge on any atom is -0.282 e. The molecule has 1 aromatic carbocycles. The summed E-state index contributed by atoms with van der Waals surface area (Å²) < 4.78 is 29.8. The van der Waals surface area contributed by atoms with Crippen LogP contribution in [0.1, 0.15) is 0 Å². The Morgan fingerprint density at radius 1 is 1.42 bits per heavy atom. The highest BCUT2D eigenvalue weighted by atomic mass is 35.5. The van der Waals surface area contributed by atoms with E-state index < -0.39 is 10.1 Å². The molecular weight excluding hydrogens is 220 g/mol. The summed E-state index contributed by atoms with van der Waals surface area (Å²) in [6, 6.07) is 3.96. The summed E-state index contributed by atoms with van der Waals surface area (Å²) in [5, 5.41) is -0.0370. The van der Waals surface area contributed by atoms with Gasteiger partial charge in [0.1, 0.15) is 4.90 Å². The SMILES string of the molecule is O=S(=O)(O)c1ccc(S)cc1Cl. The van der Waals surface area contributed by atoms with Crippen LogP contribution in [0, 0.1) is 0 Å². The van der Waals surface area contributed by atoms with Crippen LogP contribution >= 0.6 is 24.2 Å². The fourth-order valence-corrected chi connectivity index (χ4v) is 2.00. The van der Waals surface area contributed by atoms with E-state index in [1.807, 2.05) is 0 Å². The Kier molecular flexibility index (Phi) is 2.67. The molecule has 0 bridgehead atoms. The molecule has 0 spiro atoms. The highest BCUT2D eigenvalue weighted by Gasteiger charge is 2.13. The van der Waals surface area contributed by atoms with Gasteiger partial charge in [-0.25, -0.2) is 0 Å². The molecule has 0 radical (unpaired) electrons. The van der Waals surface area contributed by atoms with Gasteiger partial charge in [0.15, 0.2) is 0 Å². The topological polar surface area (TPSA) is 54.4 Å². The van der Waals surface area contributed by atoms with Gasteiger partial charge in [-0.15, -0.1) is 12.6 Å². The Bertz CT molecular complexity index is 399. The van der Waals surface area contributed by atoms with Gasteiger partial charge in [0.05, 0.1) is 5.02 Å². The summed E-state index contributed by atoms with van der Waals surface area (Å²) >= 11 is 9.46. The standard InChI is InChI=1S/C6H5ClO3S2/c7-5-3-4(11)1-2-6(5)12(8,9)10/h1-3,11H,(H,8,9,10). The summed E-state index contributed by atoms with van der Waals surface area (Å²) in [6.07, 6.45) is 0. The van der Waals surface area contributed by atoms with E-state index in [0.29, 0.717) is 4.90 Å². The van der Waals surface area contributed by atoms with Crippen molar-refractivity contribution in [3.05, 3.63) is 23.2 Å². The molecule has 0 aliphatic rings. The molecule has 3 nitrogen and oxygen atoms in total. The minimum atomic E-state index is -4.22. The van der Waals surface area contributed by atoms with Crippen LogP contribution in [0.15, 0.2) is 28.0 Å². The molecule has 0 unspecified atom stereocenters. The third-order valence-electron chi connectivity index (χ3n) is 1.19. The monoisotopic (exact) mass is 224 g/mol. The van der Waals surface area contributed by atoms with E-state index in [1.54, 1.807) is 0 Å². The van der Waals surface area contributed by atoms with Gasteiger partial charge < -0.3 is 0 Å². The summed E-state index contributed by atoms with van der Waals surface area (Å²) in [6.45, 7) is 0. The van der Waals surface area contributed by atoms with Gasteiger partial charge in [0.25, 0.3) is 10.1 Å². The second kappa shape index (κ2) is 3.26. The third-order valence-corrected chi connectivity index (χ3v) is 2.81. The normalized spacial score (nSPS) is 11.6. The van der Waals surface area contributed by atoms with Crippen LogP contribution < -0.4 is 0 Å². The van der Waals surface area contributed by atoms with E-state index in [-0.39, 0.29) is 9.92 Å². The zero-order chi connectivity index (χ0) is 9.35. The molecule has 1 rings (SSSR count). The van der Waals surface area contributed by atoms with Crippen molar-refractivity contribution in [2.24, 2.45) is 0 Å². The van der Waals surface area contributed by atoms with E-state index >= 15 is 0 Å². The molecule has 0 aliphatic heterocycles. The second-order valence-corrected chi connectivity index (χ2v) is 4.40. The van der Waals surface area contributed by atoms with Crippen LogP contribution in [0.25, 0.3) is 0 Å². The lowest BCUT2D eigenvalue weighted by atomic mass is 10.4. The molecule has 1 N–H and O–H groups in total. The van der Waals surface area contributed by atoms with Crippen LogP contribution in [0.5, 0.6) is 0 Å². The molecular formula is C6H5ClO3S2. The lowest BCUT2D eigenvalue weighted by Gasteiger charge is -1.99. The summed E-state index contributed by atoms with van der Waals surface area (Å²) in [7, 11) is -4.22. The quantitative estimate of drug-likeness (QED) is 0.566. The summed E-state index contributed by atoms with van der Waals surface area (Å²) in [5.41, 5.74) is 0. The van der Waals surface area contributed by atoms with Crippen molar-refractivity contribution in [2.75, 3.05) is 0 Å². The lowest BCUT2D eigenvalue weighted by Crippen LogP contribution is -1.98. The van der Waals surface area contributed by atoms with Crippen LogP contribution in [-0.2, 0) is 10.1 Å². The van der Waals surface area contributed by atoms with Crippen molar-refractivity contribution in [3.63, 3.8) is 0 Å². The van der Waals surface area contributed by atoms with Crippen molar-refractivity contribution in [3.8, 4) is 0 Å². The predicted molar refractivity (Wildman–Crippen MR) is 48.5 cm³/mol. The predicted octanol–water partition coefficient (Wildman–Crippen LogP) is 1.88. The Balaban J connectivity index is 3.39. The van der Waals surface area contributed by atoms with Gasteiger partial charge in [-0.3, -0.25) is 4.55 Å². The molecule has 0 saturated heterocycles.